The molecular weight excluding hydrogens is 244 g/mol. The normalized spacial score (nSPS) is 11.4. The molecule has 0 radical (unpaired) electrons. The van der Waals surface area contributed by atoms with Crippen LogP contribution < -0.4 is 5.32 Å². The van der Waals surface area contributed by atoms with Gasteiger partial charge in [-0.25, -0.2) is 0 Å². The molecule has 1 aromatic heterocycles. The van der Waals surface area contributed by atoms with Gasteiger partial charge in [0.1, 0.15) is 0 Å². The number of benzene rings is 1. The maximum atomic E-state index is 4.53. The number of nitrogens with zero attached hydrogens (tertiary/aromatic N) is 1. The second kappa shape index (κ2) is 7.39. The van der Waals surface area contributed by atoms with Crippen LogP contribution in [0.3, 0.4) is 0 Å². The average Bonchev–Trinajstić information content (AvgIpc) is 2.42. The first-order valence-corrected chi connectivity index (χ1v) is 7.72. The molecule has 0 saturated heterocycles. The summed E-state index contributed by atoms with van der Waals surface area (Å²) < 4.78 is 0. The topological polar surface area (TPSA) is 24.9 Å². The number of hydrogen-bond donors (Lipinski definition) is 1. The molecule has 0 aliphatic heterocycles. The van der Waals surface area contributed by atoms with Crippen molar-refractivity contribution in [3.63, 3.8) is 0 Å². The molecule has 0 unspecified atom stereocenters. The molecule has 1 heterocycles. The van der Waals surface area contributed by atoms with E-state index in [9.17, 15) is 0 Å². The van der Waals surface area contributed by atoms with Gasteiger partial charge >= 0.3 is 0 Å². The summed E-state index contributed by atoms with van der Waals surface area (Å²) in [6.07, 6.45) is 3.93. The minimum absolute atomic E-state index is 0.825. The largest absolute Gasteiger partial charge is 0.313 e. The summed E-state index contributed by atoms with van der Waals surface area (Å²) in [5, 5.41) is 4.76. The maximum absolute atomic E-state index is 4.53. The lowest BCUT2D eigenvalue weighted by atomic mass is 10.1. The van der Waals surface area contributed by atoms with Gasteiger partial charge in [0.2, 0.25) is 0 Å². The van der Waals surface area contributed by atoms with E-state index in [1.807, 2.05) is 6.92 Å². The predicted molar refractivity (Wildman–Crippen MR) is 86.9 cm³/mol. The third-order valence-corrected chi connectivity index (χ3v) is 3.61. The van der Waals surface area contributed by atoms with Crippen LogP contribution in [-0.2, 0) is 6.54 Å². The summed E-state index contributed by atoms with van der Waals surface area (Å²) in [6.45, 7) is 8.67. The van der Waals surface area contributed by atoms with Crippen molar-refractivity contribution in [3.05, 3.63) is 41.6 Å². The van der Waals surface area contributed by atoms with Gasteiger partial charge in [-0.2, -0.15) is 0 Å². The number of unbranched alkanes of at least 4 members (excludes halogenated alkanes) is 1. The molecule has 0 atom stereocenters. The molecule has 2 rings (SSSR count). The first kappa shape index (κ1) is 15.0. The van der Waals surface area contributed by atoms with Gasteiger partial charge in [0, 0.05) is 17.6 Å². The molecule has 0 fully saturated rings. The lowest BCUT2D eigenvalue weighted by Crippen LogP contribution is -2.14. The molecule has 20 heavy (non-hydrogen) atoms. The first-order valence-electron chi connectivity index (χ1n) is 7.72. The van der Waals surface area contributed by atoms with Crippen molar-refractivity contribution in [1.29, 1.82) is 0 Å². The van der Waals surface area contributed by atoms with Crippen LogP contribution in [0.1, 0.15) is 44.4 Å². The third kappa shape index (κ3) is 4.61. The van der Waals surface area contributed by atoms with Crippen LogP contribution in [0.4, 0.5) is 0 Å². The van der Waals surface area contributed by atoms with E-state index in [1.54, 1.807) is 0 Å². The van der Waals surface area contributed by atoms with E-state index < -0.39 is 0 Å². The molecule has 0 spiro atoms. The van der Waals surface area contributed by atoms with Gasteiger partial charge in [0.05, 0.1) is 5.52 Å². The lowest BCUT2D eigenvalue weighted by Gasteiger charge is -2.07. The zero-order chi connectivity index (χ0) is 14.4. The Morgan fingerprint density at radius 1 is 1.10 bits per heavy atom. The van der Waals surface area contributed by atoms with Crippen molar-refractivity contribution >= 4 is 10.9 Å². The molecule has 0 aliphatic carbocycles. The Morgan fingerprint density at radius 3 is 2.75 bits per heavy atom. The Kier molecular flexibility index (Phi) is 5.54. The van der Waals surface area contributed by atoms with Gasteiger partial charge in [-0.1, -0.05) is 38.8 Å². The molecule has 2 heteroatoms. The molecular formula is C18H26N2. The number of rotatable bonds is 7. The SMILES string of the molecule is Cc1ccc2cc(CNCCCCC(C)C)ccc2n1. The third-order valence-electron chi connectivity index (χ3n) is 3.61. The van der Waals surface area contributed by atoms with E-state index in [-0.39, 0.29) is 0 Å². The molecule has 1 aromatic carbocycles. The zero-order valence-corrected chi connectivity index (χ0v) is 12.9. The van der Waals surface area contributed by atoms with Gasteiger partial charge in [0.15, 0.2) is 0 Å². The second-order valence-electron chi connectivity index (χ2n) is 6.05. The molecule has 0 bridgehead atoms. The Morgan fingerprint density at radius 2 is 1.95 bits per heavy atom. The van der Waals surface area contributed by atoms with Gasteiger partial charge in [-0.3, -0.25) is 4.98 Å². The predicted octanol–water partition coefficient (Wildman–Crippen LogP) is 4.46. The molecule has 0 saturated carbocycles. The number of fused-ring (bicyclic) bond motifs is 1. The first-order chi connectivity index (χ1) is 9.65. The lowest BCUT2D eigenvalue weighted by molar-refractivity contribution is 0.520. The van der Waals surface area contributed by atoms with Crippen LogP contribution in [0.5, 0.6) is 0 Å². The summed E-state index contributed by atoms with van der Waals surface area (Å²) >= 11 is 0. The quantitative estimate of drug-likeness (QED) is 0.751. The summed E-state index contributed by atoms with van der Waals surface area (Å²) in [5.41, 5.74) is 3.51. The van der Waals surface area contributed by atoms with Crippen LogP contribution in [0.25, 0.3) is 10.9 Å². The van der Waals surface area contributed by atoms with E-state index in [4.69, 9.17) is 0 Å². The van der Waals surface area contributed by atoms with Gasteiger partial charge < -0.3 is 5.32 Å². The number of aromatic nitrogens is 1. The van der Waals surface area contributed by atoms with E-state index in [0.29, 0.717) is 0 Å². The van der Waals surface area contributed by atoms with Crippen LogP contribution >= 0.6 is 0 Å². The van der Waals surface area contributed by atoms with Gasteiger partial charge in [-0.15, -0.1) is 0 Å². The minimum Gasteiger partial charge on any atom is -0.313 e. The van der Waals surface area contributed by atoms with Crippen LogP contribution in [0.15, 0.2) is 30.3 Å². The van der Waals surface area contributed by atoms with E-state index in [2.05, 4.69) is 54.5 Å². The van der Waals surface area contributed by atoms with Gasteiger partial charge in [0.25, 0.3) is 0 Å². The number of aryl methyl sites for hydroxylation is 1. The molecule has 2 nitrogen and oxygen atoms in total. The highest BCUT2D eigenvalue weighted by Crippen LogP contribution is 2.14. The molecule has 1 N–H and O–H groups in total. The van der Waals surface area contributed by atoms with Crippen molar-refractivity contribution in [2.45, 2.75) is 46.6 Å². The fraction of sp³-hybridized carbons (Fsp3) is 0.500. The Hall–Kier alpha value is -1.41. The highest BCUT2D eigenvalue weighted by molar-refractivity contribution is 5.79. The number of hydrogen-bond acceptors (Lipinski definition) is 2. The summed E-state index contributed by atoms with van der Waals surface area (Å²) in [4.78, 5) is 4.53. The maximum Gasteiger partial charge on any atom is 0.0705 e. The summed E-state index contributed by atoms with van der Waals surface area (Å²) in [5.74, 6) is 0.825. The standard InChI is InChI=1S/C18H26N2/c1-14(2)6-4-5-11-19-13-16-8-10-18-17(12-16)9-7-15(3)20-18/h7-10,12,14,19H,4-6,11,13H2,1-3H3. The fourth-order valence-electron chi connectivity index (χ4n) is 2.42. The van der Waals surface area contributed by atoms with Crippen molar-refractivity contribution in [1.82, 2.24) is 10.3 Å². The smallest absolute Gasteiger partial charge is 0.0705 e. The minimum atomic E-state index is 0.825. The Balaban J connectivity index is 1.80. The van der Waals surface area contributed by atoms with Crippen LogP contribution in [0.2, 0.25) is 0 Å². The second-order valence-corrected chi connectivity index (χ2v) is 6.05. The van der Waals surface area contributed by atoms with E-state index in [0.717, 1.165) is 30.2 Å². The summed E-state index contributed by atoms with van der Waals surface area (Å²) in [7, 11) is 0. The Labute approximate surface area is 122 Å². The molecule has 0 amide bonds. The molecule has 2 aromatic rings. The van der Waals surface area contributed by atoms with Crippen molar-refractivity contribution in [3.8, 4) is 0 Å². The van der Waals surface area contributed by atoms with Crippen molar-refractivity contribution in [2.24, 2.45) is 5.92 Å². The monoisotopic (exact) mass is 270 g/mol. The van der Waals surface area contributed by atoms with E-state index in [1.165, 1.54) is 30.2 Å². The summed E-state index contributed by atoms with van der Waals surface area (Å²) in [6, 6.07) is 10.8. The Bertz CT molecular complexity index is 546. The fourth-order valence-corrected chi connectivity index (χ4v) is 2.42. The van der Waals surface area contributed by atoms with Crippen LogP contribution in [0, 0.1) is 12.8 Å². The van der Waals surface area contributed by atoms with E-state index >= 15 is 0 Å². The molecule has 108 valence electrons. The zero-order valence-electron chi connectivity index (χ0n) is 12.9. The highest BCUT2D eigenvalue weighted by atomic mass is 14.8. The number of nitrogens with one attached hydrogen (secondary N) is 1. The number of pyridine rings is 1. The van der Waals surface area contributed by atoms with Gasteiger partial charge in [-0.05, 0) is 49.6 Å². The van der Waals surface area contributed by atoms with Crippen molar-refractivity contribution in [2.75, 3.05) is 6.54 Å². The molecule has 0 aliphatic rings. The average molecular weight is 270 g/mol. The van der Waals surface area contributed by atoms with Crippen molar-refractivity contribution < 1.29 is 0 Å². The van der Waals surface area contributed by atoms with Crippen LogP contribution in [-0.4, -0.2) is 11.5 Å². The highest BCUT2D eigenvalue weighted by Gasteiger charge is 1.99.